The van der Waals surface area contributed by atoms with Gasteiger partial charge in [-0.05, 0) is 19.3 Å². The third kappa shape index (κ3) is 2.33. The second kappa shape index (κ2) is 3.85. The van der Waals surface area contributed by atoms with E-state index in [9.17, 15) is 0 Å². The maximum Gasteiger partial charge on any atom is 0.0685 e. The molecule has 0 aromatic carbocycles. The zero-order chi connectivity index (χ0) is 6.53. The van der Waals surface area contributed by atoms with Crippen molar-refractivity contribution in [3.8, 4) is 0 Å². The summed E-state index contributed by atoms with van der Waals surface area (Å²) in [7, 11) is 0. The molecule has 1 heterocycles. The zero-order valence-electron chi connectivity index (χ0n) is 6.10. The highest BCUT2D eigenvalue weighted by atomic mass is 16.7. The van der Waals surface area contributed by atoms with Gasteiger partial charge in [0.2, 0.25) is 0 Å². The van der Waals surface area contributed by atoms with E-state index >= 15 is 0 Å². The molecule has 1 saturated heterocycles. The molecule has 0 unspecified atom stereocenters. The van der Waals surface area contributed by atoms with Crippen molar-refractivity contribution < 1.29 is 4.84 Å². The Labute approximate surface area is 56.8 Å². The molecule has 0 amide bonds. The largest absolute Gasteiger partial charge is 0.299 e. The molecule has 0 aromatic heterocycles. The Morgan fingerprint density at radius 1 is 1.33 bits per heavy atom. The van der Waals surface area contributed by atoms with Gasteiger partial charge in [-0.25, -0.2) is 0 Å². The third-order valence-electron chi connectivity index (χ3n) is 1.68. The van der Waals surface area contributed by atoms with Crippen LogP contribution in [0.3, 0.4) is 0 Å². The molecule has 0 bridgehead atoms. The number of hydroxylamine groups is 2. The Balaban J connectivity index is 2.18. The van der Waals surface area contributed by atoms with Gasteiger partial charge in [-0.2, -0.15) is 5.06 Å². The summed E-state index contributed by atoms with van der Waals surface area (Å²) in [5, 5.41) is 2.05. The number of hydrogen-bond acceptors (Lipinski definition) is 2. The predicted molar refractivity (Wildman–Crippen MR) is 37.0 cm³/mol. The zero-order valence-corrected chi connectivity index (χ0v) is 6.10. The molecule has 0 spiro atoms. The molecule has 1 fully saturated rings. The summed E-state index contributed by atoms with van der Waals surface area (Å²) < 4.78 is 0. The van der Waals surface area contributed by atoms with Crippen molar-refractivity contribution in [1.82, 2.24) is 5.06 Å². The molecule has 0 aromatic rings. The molecule has 2 nitrogen and oxygen atoms in total. The molecule has 1 aliphatic heterocycles. The SMILES string of the molecule is CCN1CCCCCO1. The van der Waals surface area contributed by atoms with Crippen LogP contribution in [0.5, 0.6) is 0 Å². The first-order valence-electron chi connectivity index (χ1n) is 3.81. The van der Waals surface area contributed by atoms with Crippen molar-refractivity contribution in [3.05, 3.63) is 0 Å². The molecule has 2 heteroatoms. The van der Waals surface area contributed by atoms with Crippen molar-refractivity contribution in [2.24, 2.45) is 0 Å². The van der Waals surface area contributed by atoms with E-state index in [4.69, 9.17) is 4.84 Å². The third-order valence-corrected chi connectivity index (χ3v) is 1.68. The summed E-state index contributed by atoms with van der Waals surface area (Å²) in [6.45, 7) is 5.20. The molecule has 1 aliphatic rings. The minimum atomic E-state index is 0.924. The fraction of sp³-hybridized carbons (Fsp3) is 1.00. The van der Waals surface area contributed by atoms with Gasteiger partial charge in [0.1, 0.15) is 0 Å². The van der Waals surface area contributed by atoms with Crippen molar-refractivity contribution in [3.63, 3.8) is 0 Å². The standard InChI is InChI=1S/C7H15NO/c1-2-8-6-4-3-5-7-9-8/h2-7H2,1H3. The van der Waals surface area contributed by atoms with Crippen LogP contribution in [0.4, 0.5) is 0 Å². The van der Waals surface area contributed by atoms with E-state index in [1.807, 2.05) is 5.06 Å². The van der Waals surface area contributed by atoms with Crippen molar-refractivity contribution >= 4 is 0 Å². The molecule has 0 N–H and O–H groups in total. The van der Waals surface area contributed by atoms with Crippen LogP contribution in [0.15, 0.2) is 0 Å². The second-order valence-corrected chi connectivity index (χ2v) is 2.42. The lowest BCUT2D eigenvalue weighted by Gasteiger charge is -2.15. The van der Waals surface area contributed by atoms with E-state index in [0.717, 1.165) is 19.7 Å². The van der Waals surface area contributed by atoms with E-state index < -0.39 is 0 Å². The monoisotopic (exact) mass is 129 g/mol. The smallest absolute Gasteiger partial charge is 0.0685 e. The minimum Gasteiger partial charge on any atom is -0.299 e. The van der Waals surface area contributed by atoms with Crippen LogP contribution in [-0.4, -0.2) is 24.8 Å². The van der Waals surface area contributed by atoms with Gasteiger partial charge in [-0.1, -0.05) is 6.92 Å². The number of hydrogen-bond donors (Lipinski definition) is 0. The van der Waals surface area contributed by atoms with Crippen molar-refractivity contribution in [1.29, 1.82) is 0 Å². The van der Waals surface area contributed by atoms with Crippen molar-refractivity contribution in [2.45, 2.75) is 26.2 Å². The van der Waals surface area contributed by atoms with E-state index in [-0.39, 0.29) is 0 Å². The van der Waals surface area contributed by atoms with Crippen LogP contribution in [-0.2, 0) is 4.84 Å². The van der Waals surface area contributed by atoms with E-state index in [0.29, 0.717) is 0 Å². The topological polar surface area (TPSA) is 12.5 Å². The normalized spacial score (nSPS) is 23.7. The summed E-state index contributed by atoms with van der Waals surface area (Å²) in [6.07, 6.45) is 3.86. The molecule has 54 valence electrons. The van der Waals surface area contributed by atoms with Gasteiger partial charge in [0.15, 0.2) is 0 Å². The summed E-state index contributed by atoms with van der Waals surface area (Å²) in [5.74, 6) is 0. The van der Waals surface area contributed by atoms with Gasteiger partial charge >= 0.3 is 0 Å². The van der Waals surface area contributed by atoms with Crippen molar-refractivity contribution in [2.75, 3.05) is 19.7 Å². The second-order valence-electron chi connectivity index (χ2n) is 2.42. The van der Waals surface area contributed by atoms with E-state index in [2.05, 4.69) is 6.92 Å². The van der Waals surface area contributed by atoms with E-state index in [1.54, 1.807) is 0 Å². The maximum absolute atomic E-state index is 5.39. The minimum absolute atomic E-state index is 0.924. The van der Waals surface area contributed by atoms with Gasteiger partial charge in [0.05, 0.1) is 6.61 Å². The summed E-state index contributed by atoms with van der Waals surface area (Å²) in [6, 6.07) is 0. The molecule has 0 radical (unpaired) electrons. The molecule has 0 aliphatic carbocycles. The van der Waals surface area contributed by atoms with Gasteiger partial charge in [0, 0.05) is 13.1 Å². The lowest BCUT2D eigenvalue weighted by Crippen LogP contribution is -2.23. The lowest BCUT2D eigenvalue weighted by atomic mass is 10.2. The molecule has 1 rings (SSSR count). The summed E-state index contributed by atoms with van der Waals surface area (Å²) in [5.41, 5.74) is 0. The number of rotatable bonds is 1. The van der Waals surface area contributed by atoms with Crippen LogP contribution in [0.1, 0.15) is 26.2 Å². The number of nitrogens with zero attached hydrogens (tertiary/aromatic N) is 1. The summed E-state index contributed by atoms with van der Waals surface area (Å²) >= 11 is 0. The van der Waals surface area contributed by atoms with Crippen LogP contribution in [0.25, 0.3) is 0 Å². The fourth-order valence-electron chi connectivity index (χ4n) is 1.07. The Bertz CT molecular complexity index is 67.3. The highest BCUT2D eigenvalue weighted by molar-refractivity contribution is 4.49. The highest BCUT2D eigenvalue weighted by Gasteiger charge is 2.05. The van der Waals surface area contributed by atoms with Gasteiger partial charge in [-0.15, -0.1) is 0 Å². The molecular weight excluding hydrogens is 114 g/mol. The molecule has 9 heavy (non-hydrogen) atoms. The Morgan fingerprint density at radius 2 is 2.22 bits per heavy atom. The summed E-state index contributed by atoms with van der Waals surface area (Å²) in [4.78, 5) is 5.39. The van der Waals surface area contributed by atoms with Crippen LogP contribution < -0.4 is 0 Å². The average molecular weight is 129 g/mol. The first-order valence-corrected chi connectivity index (χ1v) is 3.81. The quantitative estimate of drug-likeness (QED) is 0.531. The first kappa shape index (κ1) is 7.03. The first-order chi connectivity index (χ1) is 4.43. The van der Waals surface area contributed by atoms with Gasteiger partial charge in [-0.3, -0.25) is 4.84 Å². The Morgan fingerprint density at radius 3 is 3.00 bits per heavy atom. The fourth-order valence-corrected chi connectivity index (χ4v) is 1.07. The Hall–Kier alpha value is -0.0800. The van der Waals surface area contributed by atoms with Gasteiger partial charge in [0.25, 0.3) is 0 Å². The van der Waals surface area contributed by atoms with Crippen LogP contribution in [0.2, 0.25) is 0 Å². The van der Waals surface area contributed by atoms with E-state index in [1.165, 1.54) is 19.3 Å². The highest BCUT2D eigenvalue weighted by Crippen LogP contribution is 2.05. The van der Waals surface area contributed by atoms with Crippen LogP contribution in [0, 0.1) is 0 Å². The Kier molecular flexibility index (Phi) is 3.01. The molecule has 0 saturated carbocycles. The van der Waals surface area contributed by atoms with Crippen LogP contribution >= 0.6 is 0 Å². The molecule has 0 atom stereocenters. The maximum atomic E-state index is 5.39. The average Bonchev–Trinajstić information content (AvgIpc) is 2.13. The predicted octanol–water partition coefficient (Wildman–Crippen LogP) is 1.42. The van der Waals surface area contributed by atoms with Gasteiger partial charge < -0.3 is 0 Å². The molecular formula is C7H15NO. The lowest BCUT2D eigenvalue weighted by molar-refractivity contribution is -0.147.